The molecule has 0 radical (unpaired) electrons. The highest BCUT2D eigenvalue weighted by atomic mass is 16.5. The summed E-state index contributed by atoms with van der Waals surface area (Å²) in [6, 6.07) is 2.16. The van der Waals surface area contributed by atoms with E-state index >= 15 is 0 Å². The molecule has 0 aromatic carbocycles. The van der Waals surface area contributed by atoms with Crippen molar-refractivity contribution in [2.45, 2.75) is 13.3 Å². The smallest absolute Gasteiger partial charge is 0.0642 e. The first-order chi connectivity index (χ1) is 7.90. The number of hydrogen-bond acceptors (Lipinski definition) is 4. The van der Waals surface area contributed by atoms with Gasteiger partial charge in [-0.3, -0.25) is 4.98 Å². The molecule has 16 heavy (non-hydrogen) atoms. The van der Waals surface area contributed by atoms with Crippen molar-refractivity contribution in [2.24, 2.45) is 0 Å². The summed E-state index contributed by atoms with van der Waals surface area (Å²) < 4.78 is 5.34. The van der Waals surface area contributed by atoms with Crippen molar-refractivity contribution < 1.29 is 4.74 Å². The Labute approximate surface area is 96.6 Å². The topological polar surface area (TPSA) is 37.4 Å². The van der Waals surface area contributed by atoms with Crippen molar-refractivity contribution >= 4 is 11.4 Å². The zero-order chi connectivity index (χ0) is 11.2. The van der Waals surface area contributed by atoms with Crippen LogP contribution in [0.1, 0.15) is 13.3 Å². The average Bonchev–Trinajstić information content (AvgIpc) is 2.38. The zero-order valence-corrected chi connectivity index (χ0v) is 9.78. The van der Waals surface area contributed by atoms with Crippen LogP contribution in [-0.4, -0.2) is 37.8 Å². The minimum Gasteiger partial charge on any atom is -0.384 e. The van der Waals surface area contributed by atoms with Crippen molar-refractivity contribution in [1.82, 2.24) is 4.98 Å². The SMILES string of the molecule is CCCNc1cncc(N2CCOCC2)c1. The second kappa shape index (κ2) is 5.70. The minimum absolute atomic E-state index is 0.812. The molecule has 88 valence electrons. The standard InChI is InChI=1S/C12H19N3O/c1-2-3-14-11-8-12(10-13-9-11)15-4-6-16-7-5-15/h8-10,14H,2-7H2,1H3. The molecule has 2 heterocycles. The van der Waals surface area contributed by atoms with Gasteiger partial charge >= 0.3 is 0 Å². The molecule has 2 rings (SSSR count). The van der Waals surface area contributed by atoms with Gasteiger partial charge in [-0.1, -0.05) is 6.92 Å². The molecule has 1 aromatic heterocycles. The lowest BCUT2D eigenvalue weighted by atomic mass is 10.3. The lowest BCUT2D eigenvalue weighted by molar-refractivity contribution is 0.122. The Balaban J connectivity index is 2.02. The molecule has 1 N–H and O–H groups in total. The van der Waals surface area contributed by atoms with Crippen molar-refractivity contribution in [3.63, 3.8) is 0 Å². The second-order valence-electron chi connectivity index (χ2n) is 3.96. The van der Waals surface area contributed by atoms with Crippen molar-refractivity contribution in [3.05, 3.63) is 18.5 Å². The van der Waals surface area contributed by atoms with Gasteiger partial charge in [-0.15, -0.1) is 0 Å². The lowest BCUT2D eigenvalue weighted by Gasteiger charge is -2.28. The lowest BCUT2D eigenvalue weighted by Crippen LogP contribution is -2.36. The van der Waals surface area contributed by atoms with Gasteiger partial charge in [-0.2, -0.15) is 0 Å². The van der Waals surface area contributed by atoms with Gasteiger partial charge in [-0.05, 0) is 12.5 Å². The summed E-state index contributed by atoms with van der Waals surface area (Å²) in [5.74, 6) is 0. The molecule has 1 aliphatic heterocycles. The van der Waals surface area contributed by atoms with Gasteiger partial charge in [0.1, 0.15) is 0 Å². The van der Waals surface area contributed by atoms with E-state index in [0.29, 0.717) is 0 Å². The van der Waals surface area contributed by atoms with Gasteiger partial charge in [0.15, 0.2) is 0 Å². The van der Waals surface area contributed by atoms with Gasteiger partial charge < -0.3 is 15.0 Å². The Hall–Kier alpha value is -1.29. The van der Waals surface area contributed by atoms with Gasteiger partial charge in [0, 0.05) is 19.6 Å². The zero-order valence-electron chi connectivity index (χ0n) is 9.78. The summed E-state index contributed by atoms with van der Waals surface area (Å²) in [6.07, 6.45) is 4.92. The fourth-order valence-corrected chi connectivity index (χ4v) is 1.79. The summed E-state index contributed by atoms with van der Waals surface area (Å²) in [5.41, 5.74) is 2.29. The number of aromatic nitrogens is 1. The summed E-state index contributed by atoms with van der Waals surface area (Å²) >= 11 is 0. The van der Waals surface area contributed by atoms with Crippen LogP contribution in [0.2, 0.25) is 0 Å². The predicted molar refractivity (Wildman–Crippen MR) is 66.0 cm³/mol. The second-order valence-corrected chi connectivity index (χ2v) is 3.96. The summed E-state index contributed by atoms with van der Waals surface area (Å²) in [6.45, 7) is 6.69. The quantitative estimate of drug-likeness (QED) is 0.840. The largest absolute Gasteiger partial charge is 0.384 e. The van der Waals surface area contributed by atoms with Crippen LogP contribution >= 0.6 is 0 Å². The number of ether oxygens (including phenoxy) is 1. The highest BCUT2D eigenvalue weighted by Gasteiger charge is 2.11. The molecule has 0 spiro atoms. The van der Waals surface area contributed by atoms with E-state index in [2.05, 4.69) is 28.2 Å². The van der Waals surface area contributed by atoms with Crippen LogP contribution in [0.4, 0.5) is 11.4 Å². The summed E-state index contributed by atoms with van der Waals surface area (Å²) in [4.78, 5) is 6.58. The van der Waals surface area contributed by atoms with Crippen LogP contribution in [0, 0.1) is 0 Å². The number of rotatable bonds is 4. The van der Waals surface area contributed by atoms with E-state index in [4.69, 9.17) is 4.74 Å². The van der Waals surface area contributed by atoms with Gasteiger partial charge in [0.25, 0.3) is 0 Å². The number of morpholine rings is 1. The molecule has 4 heteroatoms. The number of anilines is 2. The molecule has 0 aliphatic carbocycles. The Morgan fingerprint density at radius 3 is 2.94 bits per heavy atom. The Bertz CT molecular complexity index is 324. The maximum absolute atomic E-state index is 5.34. The van der Waals surface area contributed by atoms with Crippen LogP contribution < -0.4 is 10.2 Å². The van der Waals surface area contributed by atoms with Gasteiger partial charge in [0.2, 0.25) is 0 Å². The van der Waals surface area contributed by atoms with E-state index in [-0.39, 0.29) is 0 Å². The normalized spacial score (nSPS) is 16.2. The molecule has 1 aliphatic rings. The molecule has 0 unspecified atom stereocenters. The van der Waals surface area contributed by atoms with E-state index < -0.39 is 0 Å². The molecule has 1 saturated heterocycles. The van der Waals surface area contributed by atoms with E-state index in [1.807, 2.05) is 12.4 Å². The number of nitrogens with one attached hydrogen (secondary N) is 1. The van der Waals surface area contributed by atoms with Crippen molar-refractivity contribution in [1.29, 1.82) is 0 Å². The number of pyridine rings is 1. The Kier molecular flexibility index (Phi) is 3.99. The van der Waals surface area contributed by atoms with Crippen molar-refractivity contribution in [2.75, 3.05) is 43.1 Å². The molecule has 0 atom stereocenters. The van der Waals surface area contributed by atoms with Gasteiger partial charge in [-0.25, -0.2) is 0 Å². The van der Waals surface area contributed by atoms with Gasteiger partial charge in [0.05, 0.1) is 37.0 Å². The van der Waals surface area contributed by atoms with Crippen LogP contribution in [0.15, 0.2) is 18.5 Å². The minimum atomic E-state index is 0.812. The summed E-state index contributed by atoms with van der Waals surface area (Å²) in [7, 11) is 0. The number of nitrogens with zero attached hydrogens (tertiary/aromatic N) is 2. The molecule has 1 aromatic rings. The third-order valence-electron chi connectivity index (χ3n) is 2.68. The molecule has 4 nitrogen and oxygen atoms in total. The molecule has 0 bridgehead atoms. The molecular formula is C12H19N3O. The Morgan fingerprint density at radius 1 is 1.38 bits per heavy atom. The van der Waals surface area contributed by atoms with Crippen LogP contribution in [0.25, 0.3) is 0 Å². The fraction of sp³-hybridized carbons (Fsp3) is 0.583. The first-order valence-corrected chi connectivity index (χ1v) is 5.92. The third-order valence-corrected chi connectivity index (χ3v) is 2.68. The van der Waals surface area contributed by atoms with Crippen LogP contribution in [-0.2, 0) is 4.74 Å². The van der Waals surface area contributed by atoms with E-state index in [1.165, 1.54) is 5.69 Å². The van der Waals surface area contributed by atoms with Crippen LogP contribution in [0.5, 0.6) is 0 Å². The molecular weight excluding hydrogens is 202 g/mol. The monoisotopic (exact) mass is 221 g/mol. The highest BCUT2D eigenvalue weighted by molar-refractivity contribution is 5.55. The highest BCUT2D eigenvalue weighted by Crippen LogP contribution is 2.18. The molecule has 0 amide bonds. The number of hydrogen-bond donors (Lipinski definition) is 1. The average molecular weight is 221 g/mol. The fourth-order valence-electron chi connectivity index (χ4n) is 1.79. The maximum Gasteiger partial charge on any atom is 0.0642 e. The predicted octanol–water partition coefficient (Wildman–Crippen LogP) is 1.74. The first-order valence-electron chi connectivity index (χ1n) is 5.92. The van der Waals surface area contributed by atoms with E-state index in [9.17, 15) is 0 Å². The summed E-state index contributed by atoms with van der Waals surface area (Å²) in [5, 5.41) is 3.35. The van der Waals surface area contributed by atoms with Crippen LogP contribution in [0.3, 0.4) is 0 Å². The van der Waals surface area contributed by atoms with E-state index in [1.54, 1.807) is 0 Å². The van der Waals surface area contributed by atoms with E-state index in [0.717, 1.165) is 45.0 Å². The third kappa shape index (κ3) is 2.85. The van der Waals surface area contributed by atoms with Crippen molar-refractivity contribution in [3.8, 4) is 0 Å². The Morgan fingerprint density at radius 2 is 2.19 bits per heavy atom. The molecule has 0 saturated carbocycles. The maximum atomic E-state index is 5.34. The first kappa shape index (κ1) is 11.2. The molecule has 1 fully saturated rings.